The van der Waals surface area contributed by atoms with Crippen LogP contribution in [-0.4, -0.2) is 41.1 Å². The van der Waals surface area contributed by atoms with Crippen LogP contribution < -0.4 is 4.74 Å². The maximum atomic E-state index is 12.7. The van der Waals surface area contributed by atoms with Gasteiger partial charge in [-0.15, -0.1) is 0 Å². The van der Waals surface area contributed by atoms with Crippen molar-refractivity contribution >= 4 is 5.91 Å². The Bertz CT molecular complexity index is 955. The van der Waals surface area contributed by atoms with Gasteiger partial charge in [-0.3, -0.25) is 4.79 Å². The average Bonchev–Trinajstić information content (AvgIpc) is 3.28. The number of benzene rings is 2. The Morgan fingerprint density at radius 3 is 2.79 bits per heavy atom. The molecule has 1 aliphatic rings. The number of methoxy groups -OCH3 is 1. The molecule has 6 nitrogen and oxygen atoms in total. The third-order valence-corrected chi connectivity index (χ3v) is 5.39. The zero-order chi connectivity index (χ0) is 20.1. The molecule has 1 unspecified atom stereocenters. The molecule has 0 bridgehead atoms. The van der Waals surface area contributed by atoms with Gasteiger partial charge in [0.1, 0.15) is 5.75 Å². The van der Waals surface area contributed by atoms with Gasteiger partial charge in [-0.2, -0.15) is 4.98 Å². The second-order valence-corrected chi connectivity index (χ2v) is 7.32. The van der Waals surface area contributed by atoms with Gasteiger partial charge >= 0.3 is 0 Å². The van der Waals surface area contributed by atoms with E-state index in [0.717, 1.165) is 31.4 Å². The largest absolute Gasteiger partial charge is 0.496 e. The molecule has 4 rings (SSSR count). The molecule has 6 heteroatoms. The van der Waals surface area contributed by atoms with Gasteiger partial charge in [0.15, 0.2) is 5.82 Å². The van der Waals surface area contributed by atoms with Gasteiger partial charge in [0, 0.05) is 25.4 Å². The normalized spacial score (nSPS) is 16.6. The second kappa shape index (κ2) is 8.90. The predicted molar refractivity (Wildman–Crippen MR) is 110 cm³/mol. The van der Waals surface area contributed by atoms with Crippen LogP contribution in [0.25, 0.3) is 11.5 Å². The first-order valence-corrected chi connectivity index (χ1v) is 10.0. The van der Waals surface area contributed by atoms with Crippen LogP contribution >= 0.6 is 0 Å². The fraction of sp³-hybridized carbons (Fsp3) is 0.348. The van der Waals surface area contributed by atoms with Gasteiger partial charge in [-0.25, -0.2) is 0 Å². The van der Waals surface area contributed by atoms with E-state index in [9.17, 15) is 4.79 Å². The van der Waals surface area contributed by atoms with Crippen molar-refractivity contribution < 1.29 is 14.1 Å². The van der Waals surface area contributed by atoms with E-state index in [1.807, 2.05) is 47.4 Å². The summed E-state index contributed by atoms with van der Waals surface area (Å²) < 4.78 is 10.9. The summed E-state index contributed by atoms with van der Waals surface area (Å²) >= 11 is 0. The number of ether oxygens (including phenoxy) is 1. The molecule has 1 aliphatic heterocycles. The number of nitrogens with zero attached hydrogens (tertiary/aromatic N) is 3. The van der Waals surface area contributed by atoms with Gasteiger partial charge in [-0.05, 0) is 37.0 Å². The van der Waals surface area contributed by atoms with Crippen molar-refractivity contribution in [1.29, 1.82) is 0 Å². The number of aryl methyl sites for hydroxylation is 1. The van der Waals surface area contributed by atoms with Crippen LogP contribution in [0.1, 0.15) is 36.6 Å². The minimum Gasteiger partial charge on any atom is -0.496 e. The third-order valence-electron chi connectivity index (χ3n) is 5.39. The van der Waals surface area contributed by atoms with Crippen LogP contribution in [0.3, 0.4) is 0 Å². The third kappa shape index (κ3) is 4.47. The molecule has 29 heavy (non-hydrogen) atoms. The number of carbonyl (C=O) groups is 1. The van der Waals surface area contributed by atoms with Crippen molar-refractivity contribution in [3.8, 4) is 17.2 Å². The summed E-state index contributed by atoms with van der Waals surface area (Å²) in [4.78, 5) is 19.2. The molecule has 2 aromatic carbocycles. The Morgan fingerprint density at radius 1 is 1.17 bits per heavy atom. The number of hydrogen-bond donors (Lipinski definition) is 0. The smallest absolute Gasteiger partial charge is 0.261 e. The van der Waals surface area contributed by atoms with Crippen LogP contribution in [0.4, 0.5) is 0 Å². The zero-order valence-corrected chi connectivity index (χ0v) is 16.6. The van der Waals surface area contributed by atoms with Gasteiger partial charge in [-0.1, -0.05) is 47.6 Å². The highest BCUT2D eigenvalue weighted by atomic mass is 16.5. The maximum Gasteiger partial charge on any atom is 0.261 e. The van der Waals surface area contributed by atoms with Crippen molar-refractivity contribution in [2.45, 2.75) is 31.6 Å². The van der Waals surface area contributed by atoms with Gasteiger partial charge in [0.2, 0.25) is 5.91 Å². The lowest BCUT2D eigenvalue weighted by molar-refractivity contribution is -0.132. The maximum absolute atomic E-state index is 12.7. The summed E-state index contributed by atoms with van der Waals surface area (Å²) in [5.74, 6) is 2.09. The van der Waals surface area contributed by atoms with E-state index in [0.29, 0.717) is 30.4 Å². The minimum atomic E-state index is 0.0941. The topological polar surface area (TPSA) is 68.5 Å². The lowest BCUT2D eigenvalue weighted by atomic mass is 9.96. The molecule has 150 valence electrons. The predicted octanol–water partition coefficient (Wildman–Crippen LogP) is 4.08. The van der Waals surface area contributed by atoms with Crippen LogP contribution in [0.2, 0.25) is 0 Å². The first-order chi connectivity index (χ1) is 14.2. The summed E-state index contributed by atoms with van der Waals surface area (Å²) in [6, 6.07) is 17.7. The van der Waals surface area contributed by atoms with Crippen molar-refractivity contribution in [3.63, 3.8) is 0 Å². The van der Waals surface area contributed by atoms with E-state index in [2.05, 4.69) is 22.3 Å². The number of hydrogen-bond acceptors (Lipinski definition) is 5. The number of piperidine rings is 1. The van der Waals surface area contributed by atoms with E-state index in [1.165, 1.54) is 5.56 Å². The molecule has 0 N–H and O–H groups in total. The lowest BCUT2D eigenvalue weighted by Crippen LogP contribution is -2.39. The Balaban J connectivity index is 1.41. The Labute approximate surface area is 170 Å². The number of rotatable bonds is 6. The van der Waals surface area contributed by atoms with Crippen LogP contribution in [-0.2, 0) is 11.2 Å². The van der Waals surface area contributed by atoms with E-state index in [-0.39, 0.29) is 11.8 Å². The van der Waals surface area contributed by atoms with Crippen molar-refractivity contribution in [2.75, 3.05) is 20.2 Å². The number of likely N-dealkylation sites (tertiary alicyclic amines) is 1. The summed E-state index contributed by atoms with van der Waals surface area (Å²) in [5, 5.41) is 4.20. The summed E-state index contributed by atoms with van der Waals surface area (Å²) in [7, 11) is 1.62. The van der Waals surface area contributed by atoms with Gasteiger partial charge in [0.25, 0.3) is 5.89 Å². The minimum absolute atomic E-state index is 0.0941. The quantitative estimate of drug-likeness (QED) is 0.633. The highest BCUT2D eigenvalue weighted by Gasteiger charge is 2.28. The Kier molecular flexibility index (Phi) is 5.89. The number of para-hydroxylation sites is 1. The molecule has 1 fully saturated rings. The van der Waals surface area contributed by atoms with Crippen molar-refractivity contribution in [1.82, 2.24) is 15.0 Å². The highest BCUT2D eigenvalue weighted by Crippen LogP contribution is 2.31. The number of aromatic nitrogens is 2. The fourth-order valence-electron chi connectivity index (χ4n) is 3.80. The summed E-state index contributed by atoms with van der Waals surface area (Å²) in [5.41, 5.74) is 1.97. The van der Waals surface area contributed by atoms with E-state index >= 15 is 0 Å². The fourth-order valence-corrected chi connectivity index (χ4v) is 3.80. The standard InChI is InChI=1S/C23H25N3O3/c1-28-20-12-6-5-11-19(20)23-24-22(25-29-23)18-10-7-15-26(16-18)21(27)14-13-17-8-3-2-4-9-17/h2-6,8-9,11-12,18H,7,10,13-16H2,1H3. The summed E-state index contributed by atoms with van der Waals surface area (Å²) in [6.45, 7) is 1.43. The SMILES string of the molecule is COc1ccccc1-c1nc(C2CCCN(C(=O)CCc3ccccc3)C2)no1. The van der Waals surface area contributed by atoms with Crippen molar-refractivity contribution in [2.24, 2.45) is 0 Å². The highest BCUT2D eigenvalue weighted by molar-refractivity contribution is 5.76. The average molecular weight is 391 g/mol. The molecule has 1 aromatic heterocycles. The lowest BCUT2D eigenvalue weighted by Gasteiger charge is -2.31. The molecule has 3 aromatic rings. The molecule has 2 heterocycles. The molecule has 1 saturated heterocycles. The molecule has 0 radical (unpaired) electrons. The first-order valence-electron chi connectivity index (χ1n) is 10.0. The molecular formula is C23H25N3O3. The van der Waals surface area contributed by atoms with Crippen molar-refractivity contribution in [3.05, 3.63) is 66.0 Å². The van der Waals surface area contributed by atoms with Crippen LogP contribution in [0.5, 0.6) is 5.75 Å². The molecule has 1 amide bonds. The first kappa shape index (κ1) is 19.2. The van der Waals surface area contributed by atoms with Crippen LogP contribution in [0, 0.1) is 0 Å². The molecule has 0 saturated carbocycles. The molecule has 0 spiro atoms. The summed E-state index contributed by atoms with van der Waals surface area (Å²) in [6.07, 6.45) is 3.18. The molecule has 1 atom stereocenters. The molecular weight excluding hydrogens is 366 g/mol. The zero-order valence-electron chi connectivity index (χ0n) is 16.6. The number of amides is 1. The van der Waals surface area contributed by atoms with E-state index in [4.69, 9.17) is 9.26 Å². The second-order valence-electron chi connectivity index (χ2n) is 7.32. The monoisotopic (exact) mass is 391 g/mol. The van der Waals surface area contributed by atoms with E-state index < -0.39 is 0 Å². The molecule has 0 aliphatic carbocycles. The van der Waals surface area contributed by atoms with Gasteiger partial charge < -0.3 is 14.2 Å². The number of carbonyl (C=O) groups excluding carboxylic acids is 1. The van der Waals surface area contributed by atoms with Gasteiger partial charge in [0.05, 0.1) is 12.7 Å². The van der Waals surface area contributed by atoms with E-state index in [1.54, 1.807) is 7.11 Å². The van der Waals surface area contributed by atoms with Crippen LogP contribution in [0.15, 0.2) is 59.1 Å². The Hall–Kier alpha value is -3.15. The Morgan fingerprint density at radius 2 is 1.97 bits per heavy atom.